The molecular weight excluding hydrogens is 391 g/mol. The van der Waals surface area contributed by atoms with E-state index in [-0.39, 0.29) is 16.3 Å². The molecule has 102 valence electrons. The summed E-state index contributed by atoms with van der Waals surface area (Å²) in [6.07, 6.45) is 0. The van der Waals surface area contributed by atoms with E-state index in [1.807, 2.05) is 12.1 Å². The normalized spacial score (nSPS) is 12.8. The van der Waals surface area contributed by atoms with Crippen LogP contribution in [0, 0.1) is 5.82 Å². The smallest absolute Gasteiger partial charge is 0.306 e. The van der Waals surface area contributed by atoms with Crippen LogP contribution in [0.3, 0.4) is 0 Å². The van der Waals surface area contributed by atoms with Gasteiger partial charge >= 0.3 is 5.69 Å². The van der Waals surface area contributed by atoms with Gasteiger partial charge in [0.25, 0.3) is 0 Å². The SMILES string of the molecule is O=c1[nH]c2ccc(C(Br)c3cc(Br)ccc3F)cc2[nH]1. The van der Waals surface area contributed by atoms with Crippen molar-refractivity contribution in [3.63, 3.8) is 0 Å². The Morgan fingerprint density at radius 1 is 1.05 bits per heavy atom. The average molecular weight is 400 g/mol. The van der Waals surface area contributed by atoms with E-state index in [0.717, 1.165) is 15.6 Å². The highest BCUT2D eigenvalue weighted by Gasteiger charge is 2.16. The molecule has 3 nitrogen and oxygen atoms in total. The Kier molecular flexibility index (Phi) is 3.52. The van der Waals surface area contributed by atoms with E-state index in [1.165, 1.54) is 6.07 Å². The highest BCUT2D eigenvalue weighted by molar-refractivity contribution is 9.10. The Labute approximate surface area is 130 Å². The number of halogens is 3. The average Bonchev–Trinajstić information content (AvgIpc) is 2.79. The van der Waals surface area contributed by atoms with Crippen LogP contribution in [0.4, 0.5) is 4.39 Å². The molecule has 1 atom stereocenters. The first-order chi connectivity index (χ1) is 9.54. The first kappa shape index (κ1) is 13.6. The van der Waals surface area contributed by atoms with Crippen molar-refractivity contribution in [2.75, 3.05) is 0 Å². The monoisotopic (exact) mass is 398 g/mol. The molecule has 0 radical (unpaired) electrons. The van der Waals surface area contributed by atoms with Crippen molar-refractivity contribution in [3.8, 4) is 0 Å². The third-order valence-corrected chi connectivity index (χ3v) is 4.58. The Balaban J connectivity index is 2.09. The van der Waals surface area contributed by atoms with Crippen molar-refractivity contribution < 1.29 is 4.39 Å². The minimum atomic E-state index is -0.289. The fourth-order valence-corrected chi connectivity index (χ4v) is 3.11. The van der Waals surface area contributed by atoms with Gasteiger partial charge < -0.3 is 9.97 Å². The molecule has 20 heavy (non-hydrogen) atoms. The summed E-state index contributed by atoms with van der Waals surface area (Å²) in [6.45, 7) is 0. The summed E-state index contributed by atoms with van der Waals surface area (Å²) in [4.78, 5) is 16.3. The van der Waals surface area contributed by atoms with Crippen molar-refractivity contribution in [1.82, 2.24) is 9.97 Å². The van der Waals surface area contributed by atoms with Gasteiger partial charge in [0.1, 0.15) is 5.82 Å². The van der Waals surface area contributed by atoms with E-state index >= 15 is 0 Å². The quantitative estimate of drug-likeness (QED) is 0.622. The lowest BCUT2D eigenvalue weighted by molar-refractivity contribution is 0.613. The molecule has 2 N–H and O–H groups in total. The Morgan fingerprint density at radius 2 is 1.80 bits per heavy atom. The summed E-state index contributed by atoms with van der Waals surface area (Å²) in [5.74, 6) is -0.280. The summed E-state index contributed by atoms with van der Waals surface area (Å²) in [7, 11) is 0. The number of rotatable bonds is 2. The molecule has 0 aliphatic rings. The minimum absolute atomic E-state index is 0.253. The molecule has 0 bridgehead atoms. The zero-order chi connectivity index (χ0) is 14.3. The minimum Gasteiger partial charge on any atom is -0.306 e. The molecule has 0 saturated heterocycles. The topological polar surface area (TPSA) is 48.6 Å². The molecule has 2 aromatic carbocycles. The predicted octanol–water partition coefficient (Wildman–Crippen LogP) is 4.24. The van der Waals surface area contributed by atoms with Crippen molar-refractivity contribution >= 4 is 42.9 Å². The van der Waals surface area contributed by atoms with Crippen molar-refractivity contribution in [3.05, 3.63) is 68.3 Å². The number of hydrogen-bond acceptors (Lipinski definition) is 1. The number of benzene rings is 2. The number of hydrogen-bond donors (Lipinski definition) is 2. The van der Waals surface area contributed by atoms with Gasteiger partial charge in [0.15, 0.2) is 0 Å². The predicted molar refractivity (Wildman–Crippen MR) is 83.8 cm³/mol. The Morgan fingerprint density at radius 3 is 2.60 bits per heavy atom. The van der Waals surface area contributed by atoms with Crippen LogP contribution in [0.5, 0.6) is 0 Å². The number of H-pyrrole nitrogens is 2. The zero-order valence-electron chi connectivity index (χ0n) is 10.1. The van der Waals surface area contributed by atoms with Gasteiger partial charge in [-0.25, -0.2) is 9.18 Å². The van der Waals surface area contributed by atoms with Gasteiger partial charge in [0.2, 0.25) is 0 Å². The first-order valence-corrected chi connectivity index (χ1v) is 7.56. The highest BCUT2D eigenvalue weighted by atomic mass is 79.9. The summed E-state index contributed by atoms with van der Waals surface area (Å²) >= 11 is 6.85. The van der Waals surface area contributed by atoms with Gasteiger partial charge in [-0.15, -0.1) is 0 Å². The van der Waals surface area contributed by atoms with Crippen LogP contribution in [0.2, 0.25) is 0 Å². The second kappa shape index (κ2) is 5.18. The van der Waals surface area contributed by atoms with Gasteiger partial charge in [-0.05, 0) is 35.9 Å². The molecule has 0 aliphatic carbocycles. The standard InChI is InChI=1S/C14H9Br2FN2O/c15-8-2-3-10(17)9(6-8)13(16)7-1-4-11-12(5-7)19-14(20)18-11/h1-6,13H,(H2,18,19,20). The van der Waals surface area contributed by atoms with Crippen LogP contribution >= 0.6 is 31.9 Å². The summed E-state index contributed by atoms with van der Waals surface area (Å²) in [5, 5.41) is 0. The number of fused-ring (bicyclic) bond motifs is 1. The van der Waals surface area contributed by atoms with E-state index < -0.39 is 0 Å². The van der Waals surface area contributed by atoms with E-state index in [4.69, 9.17) is 0 Å². The van der Waals surface area contributed by atoms with Crippen LogP contribution in [0.1, 0.15) is 16.0 Å². The first-order valence-electron chi connectivity index (χ1n) is 5.85. The number of aromatic amines is 2. The lowest BCUT2D eigenvalue weighted by Crippen LogP contribution is -1.99. The third kappa shape index (κ3) is 2.45. The molecule has 0 amide bonds. The van der Waals surface area contributed by atoms with E-state index in [0.29, 0.717) is 11.1 Å². The van der Waals surface area contributed by atoms with Crippen molar-refractivity contribution in [2.45, 2.75) is 4.83 Å². The fourth-order valence-electron chi connectivity index (χ4n) is 2.10. The van der Waals surface area contributed by atoms with Gasteiger partial charge in [0.05, 0.1) is 15.9 Å². The van der Waals surface area contributed by atoms with Crippen molar-refractivity contribution in [1.29, 1.82) is 0 Å². The molecule has 0 spiro atoms. The van der Waals surface area contributed by atoms with Gasteiger partial charge in [-0.1, -0.05) is 37.9 Å². The Bertz CT molecular complexity index is 841. The molecule has 0 fully saturated rings. The molecule has 3 aromatic rings. The molecule has 0 aliphatic heterocycles. The molecule has 1 unspecified atom stereocenters. The van der Waals surface area contributed by atoms with Crippen molar-refractivity contribution in [2.24, 2.45) is 0 Å². The van der Waals surface area contributed by atoms with E-state index in [1.54, 1.807) is 18.2 Å². The van der Waals surface area contributed by atoms with E-state index in [9.17, 15) is 9.18 Å². The molecule has 0 saturated carbocycles. The van der Waals surface area contributed by atoms with Gasteiger partial charge in [-0.2, -0.15) is 0 Å². The number of alkyl halides is 1. The van der Waals surface area contributed by atoms with Crippen LogP contribution in [0.15, 0.2) is 45.7 Å². The van der Waals surface area contributed by atoms with Crippen LogP contribution in [-0.2, 0) is 0 Å². The largest absolute Gasteiger partial charge is 0.323 e. The van der Waals surface area contributed by atoms with Gasteiger partial charge in [0, 0.05) is 10.0 Å². The molecule has 1 heterocycles. The lowest BCUT2D eigenvalue weighted by atomic mass is 10.0. The molecule has 1 aromatic heterocycles. The second-order valence-electron chi connectivity index (χ2n) is 4.41. The lowest BCUT2D eigenvalue weighted by Gasteiger charge is -2.12. The fraction of sp³-hybridized carbons (Fsp3) is 0.0714. The molecule has 6 heteroatoms. The van der Waals surface area contributed by atoms with E-state index in [2.05, 4.69) is 41.8 Å². The summed E-state index contributed by atoms with van der Waals surface area (Å²) in [6, 6.07) is 10.3. The highest BCUT2D eigenvalue weighted by Crippen LogP contribution is 2.34. The summed E-state index contributed by atoms with van der Waals surface area (Å²) < 4.78 is 14.7. The maximum absolute atomic E-state index is 13.9. The number of imidazole rings is 1. The number of aromatic nitrogens is 2. The van der Waals surface area contributed by atoms with Crippen LogP contribution in [-0.4, -0.2) is 9.97 Å². The maximum Gasteiger partial charge on any atom is 0.323 e. The second-order valence-corrected chi connectivity index (χ2v) is 6.24. The molecule has 3 rings (SSSR count). The molecular formula is C14H9Br2FN2O. The van der Waals surface area contributed by atoms with Gasteiger partial charge in [-0.3, -0.25) is 0 Å². The number of nitrogens with one attached hydrogen (secondary N) is 2. The maximum atomic E-state index is 13.9. The van der Waals surface area contributed by atoms with Crippen LogP contribution in [0.25, 0.3) is 11.0 Å². The summed E-state index contributed by atoms with van der Waals surface area (Å²) in [5.41, 5.74) is 2.58. The third-order valence-electron chi connectivity index (χ3n) is 3.06. The zero-order valence-corrected chi connectivity index (χ0v) is 13.3. The Hall–Kier alpha value is -1.40. The van der Waals surface area contributed by atoms with Crippen LogP contribution < -0.4 is 5.69 Å².